The van der Waals surface area contributed by atoms with Crippen molar-refractivity contribution in [2.75, 3.05) is 25.6 Å². The molecule has 0 N–H and O–H groups in total. The van der Waals surface area contributed by atoms with Crippen LogP contribution in [0.3, 0.4) is 0 Å². The summed E-state index contributed by atoms with van der Waals surface area (Å²) < 4.78 is 5.35. The zero-order valence-corrected chi connectivity index (χ0v) is 11.3. The Morgan fingerprint density at radius 3 is 2.41 bits per heavy atom. The summed E-state index contributed by atoms with van der Waals surface area (Å²) in [6, 6.07) is 8.74. The summed E-state index contributed by atoms with van der Waals surface area (Å²) in [5, 5.41) is 0. The number of ether oxygens (including phenoxy) is 1. The average molecular weight is 233 g/mol. The van der Waals surface area contributed by atoms with Crippen LogP contribution in [0.5, 0.6) is 0 Å². The summed E-state index contributed by atoms with van der Waals surface area (Å²) in [5.41, 5.74) is 2.62. The van der Waals surface area contributed by atoms with Gasteiger partial charge in [-0.3, -0.25) is 0 Å². The monoisotopic (exact) mass is 233 g/mol. The van der Waals surface area contributed by atoms with Crippen molar-refractivity contribution >= 4 is 5.69 Å². The molecule has 17 heavy (non-hydrogen) atoms. The van der Waals surface area contributed by atoms with E-state index in [9.17, 15) is 0 Å². The first-order valence-corrected chi connectivity index (χ1v) is 6.15. The van der Waals surface area contributed by atoms with E-state index in [2.05, 4.69) is 50.2 Å². The zero-order valence-electron chi connectivity index (χ0n) is 11.3. The molecule has 1 aromatic rings. The highest BCUT2D eigenvalue weighted by atomic mass is 16.5. The van der Waals surface area contributed by atoms with Gasteiger partial charge in [-0.05, 0) is 37.0 Å². The molecule has 0 radical (unpaired) electrons. The summed E-state index contributed by atoms with van der Waals surface area (Å²) in [6.45, 7) is 4.98. The molecule has 1 atom stereocenters. The van der Waals surface area contributed by atoms with E-state index in [4.69, 9.17) is 4.74 Å². The van der Waals surface area contributed by atoms with Gasteiger partial charge >= 0.3 is 0 Å². The minimum absolute atomic E-state index is 0.538. The van der Waals surface area contributed by atoms with Crippen molar-refractivity contribution in [2.24, 2.45) is 0 Å². The van der Waals surface area contributed by atoms with E-state index in [-0.39, 0.29) is 0 Å². The third-order valence-electron chi connectivity index (χ3n) is 2.88. The Labute approximate surface area is 105 Å². The lowest BCUT2D eigenvalue weighted by molar-refractivity contribution is 0.237. The number of anilines is 1. The number of benzene rings is 1. The second kappa shape index (κ2) is 7.00. The van der Waals surface area contributed by atoms with Crippen molar-refractivity contribution in [1.82, 2.24) is 0 Å². The summed E-state index contributed by atoms with van der Waals surface area (Å²) in [7, 11) is 4.12. The van der Waals surface area contributed by atoms with Crippen LogP contribution < -0.4 is 4.90 Å². The van der Waals surface area contributed by atoms with Crippen LogP contribution in [0.15, 0.2) is 36.6 Å². The van der Waals surface area contributed by atoms with Gasteiger partial charge in [0.1, 0.15) is 0 Å². The van der Waals surface area contributed by atoms with Gasteiger partial charge in [0.15, 0.2) is 0 Å². The maximum Gasteiger partial charge on any atom is 0.0878 e. The highest BCUT2D eigenvalue weighted by Gasteiger charge is 2.05. The van der Waals surface area contributed by atoms with Crippen molar-refractivity contribution in [2.45, 2.75) is 26.2 Å². The molecule has 2 heteroatoms. The van der Waals surface area contributed by atoms with Gasteiger partial charge in [0.2, 0.25) is 0 Å². The topological polar surface area (TPSA) is 12.5 Å². The smallest absolute Gasteiger partial charge is 0.0878 e. The highest BCUT2D eigenvalue weighted by molar-refractivity contribution is 5.46. The minimum atomic E-state index is 0.538. The van der Waals surface area contributed by atoms with E-state index in [1.54, 1.807) is 6.26 Å². The molecule has 0 spiro atoms. The standard InChI is InChI=1S/C15H23NO/c1-5-11-17-12-10-13(2)14-6-8-15(9-7-14)16(3)4/h5-9,11,13H,10,12H2,1-4H3. The number of nitrogens with zero attached hydrogens (tertiary/aromatic N) is 1. The molecule has 1 rings (SSSR count). The van der Waals surface area contributed by atoms with Gasteiger partial charge in [-0.15, -0.1) is 0 Å². The lowest BCUT2D eigenvalue weighted by atomic mass is 9.98. The molecule has 0 aliphatic rings. The molecule has 0 saturated heterocycles. The number of hydrogen-bond donors (Lipinski definition) is 0. The van der Waals surface area contributed by atoms with Crippen LogP contribution >= 0.6 is 0 Å². The molecule has 0 heterocycles. The zero-order chi connectivity index (χ0) is 12.7. The average Bonchev–Trinajstić information content (AvgIpc) is 2.34. The quantitative estimate of drug-likeness (QED) is 0.547. The van der Waals surface area contributed by atoms with Crippen molar-refractivity contribution in [3.05, 3.63) is 42.2 Å². The predicted octanol–water partition coefficient (Wildman–Crippen LogP) is 3.80. The van der Waals surface area contributed by atoms with Gasteiger partial charge in [-0.25, -0.2) is 0 Å². The van der Waals surface area contributed by atoms with Crippen LogP contribution in [0.1, 0.15) is 31.7 Å². The largest absolute Gasteiger partial charge is 0.502 e. The molecule has 0 amide bonds. The third-order valence-corrected chi connectivity index (χ3v) is 2.88. The summed E-state index contributed by atoms with van der Waals surface area (Å²) in [6.07, 6.45) is 4.71. The first-order chi connectivity index (χ1) is 8.15. The Balaban J connectivity index is 2.48. The van der Waals surface area contributed by atoms with Crippen LogP contribution in [-0.4, -0.2) is 20.7 Å². The minimum Gasteiger partial charge on any atom is -0.502 e. The fourth-order valence-corrected chi connectivity index (χ4v) is 1.68. The van der Waals surface area contributed by atoms with Crippen molar-refractivity contribution < 1.29 is 4.74 Å². The first-order valence-electron chi connectivity index (χ1n) is 6.15. The molecule has 0 fully saturated rings. The molecule has 1 unspecified atom stereocenters. The molecule has 2 nitrogen and oxygen atoms in total. The molecular weight excluding hydrogens is 210 g/mol. The fraction of sp³-hybridized carbons (Fsp3) is 0.467. The summed E-state index contributed by atoms with van der Waals surface area (Å²) in [4.78, 5) is 2.11. The van der Waals surface area contributed by atoms with Crippen LogP contribution in [0, 0.1) is 0 Å². The number of rotatable bonds is 6. The Kier molecular flexibility index (Phi) is 5.61. The van der Waals surface area contributed by atoms with E-state index >= 15 is 0 Å². The van der Waals surface area contributed by atoms with E-state index in [1.807, 2.05) is 13.0 Å². The normalized spacial score (nSPS) is 12.7. The number of hydrogen-bond acceptors (Lipinski definition) is 2. The van der Waals surface area contributed by atoms with Gasteiger partial charge in [0.25, 0.3) is 0 Å². The number of allylic oxidation sites excluding steroid dienone is 1. The SMILES string of the molecule is CC=COCCC(C)c1ccc(N(C)C)cc1. The van der Waals surface area contributed by atoms with E-state index < -0.39 is 0 Å². The first kappa shape index (κ1) is 13.6. The molecule has 0 aliphatic heterocycles. The molecule has 94 valence electrons. The van der Waals surface area contributed by atoms with E-state index in [0.717, 1.165) is 13.0 Å². The fourth-order valence-electron chi connectivity index (χ4n) is 1.68. The molecular formula is C15H23NO. The molecule has 0 aromatic heterocycles. The van der Waals surface area contributed by atoms with Crippen molar-refractivity contribution in [3.8, 4) is 0 Å². The third kappa shape index (κ3) is 4.51. The van der Waals surface area contributed by atoms with Crippen LogP contribution in [-0.2, 0) is 4.74 Å². The summed E-state index contributed by atoms with van der Waals surface area (Å²) in [5.74, 6) is 0.538. The maximum absolute atomic E-state index is 5.35. The molecule has 1 aromatic carbocycles. The van der Waals surface area contributed by atoms with Gasteiger partial charge in [0.05, 0.1) is 12.9 Å². The van der Waals surface area contributed by atoms with Crippen LogP contribution in [0.2, 0.25) is 0 Å². The van der Waals surface area contributed by atoms with Gasteiger partial charge in [0, 0.05) is 19.8 Å². The van der Waals surface area contributed by atoms with Crippen LogP contribution in [0.4, 0.5) is 5.69 Å². The molecule has 0 bridgehead atoms. The van der Waals surface area contributed by atoms with Crippen molar-refractivity contribution in [3.63, 3.8) is 0 Å². The Morgan fingerprint density at radius 2 is 1.88 bits per heavy atom. The van der Waals surface area contributed by atoms with E-state index in [1.165, 1.54) is 11.3 Å². The van der Waals surface area contributed by atoms with Crippen molar-refractivity contribution in [1.29, 1.82) is 0 Å². The van der Waals surface area contributed by atoms with Gasteiger partial charge in [-0.1, -0.05) is 25.1 Å². The second-order valence-corrected chi connectivity index (χ2v) is 4.52. The predicted molar refractivity (Wildman–Crippen MR) is 74.6 cm³/mol. The van der Waals surface area contributed by atoms with Gasteiger partial charge in [-0.2, -0.15) is 0 Å². The molecule has 0 saturated carbocycles. The molecule has 0 aliphatic carbocycles. The lowest BCUT2D eigenvalue weighted by Crippen LogP contribution is -2.08. The van der Waals surface area contributed by atoms with Gasteiger partial charge < -0.3 is 9.64 Å². The Hall–Kier alpha value is -1.44. The summed E-state index contributed by atoms with van der Waals surface area (Å²) >= 11 is 0. The lowest BCUT2D eigenvalue weighted by Gasteiger charge is -2.15. The second-order valence-electron chi connectivity index (χ2n) is 4.52. The highest BCUT2D eigenvalue weighted by Crippen LogP contribution is 2.21. The Morgan fingerprint density at radius 1 is 1.24 bits per heavy atom. The maximum atomic E-state index is 5.35. The Bertz CT molecular complexity index is 340. The van der Waals surface area contributed by atoms with E-state index in [0.29, 0.717) is 5.92 Å². The van der Waals surface area contributed by atoms with Crippen LogP contribution in [0.25, 0.3) is 0 Å².